The van der Waals surface area contributed by atoms with Crippen LogP contribution in [0.25, 0.3) is 10.2 Å². The Morgan fingerprint density at radius 3 is 3.00 bits per heavy atom. The molecule has 4 rings (SSSR count). The van der Waals surface area contributed by atoms with E-state index in [2.05, 4.69) is 15.0 Å². The number of rotatable bonds is 2. The Balaban J connectivity index is 1.75. The molecule has 1 aliphatic heterocycles. The van der Waals surface area contributed by atoms with Gasteiger partial charge in [-0.3, -0.25) is 14.6 Å². The van der Waals surface area contributed by atoms with Crippen molar-refractivity contribution in [2.45, 2.75) is 25.8 Å². The maximum Gasteiger partial charge on any atom is 0.264 e. The van der Waals surface area contributed by atoms with Crippen molar-refractivity contribution in [3.63, 3.8) is 0 Å². The van der Waals surface area contributed by atoms with Crippen molar-refractivity contribution in [1.29, 1.82) is 0 Å². The number of thiophene rings is 1. The van der Waals surface area contributed by atoms with Gasteiger partial charge in [0.2, 0.25) is 0 Å². The molecule has 1 fully saturated rings. The molecule has 122 valence electrons. The van der Waals surface area contributed by atoms with Crippen molar-refractivity contribution in [2.75, 3.05) is 6.54 Å². The summed E-state index contributed by atoms with van der Waals surface area (Å²) in [6.07, 6.45) is 4.99. The van der Waals surface area contributed by atoms with Crippen LogP contribution in [-0.4, -0.2) is 32.3 Å². The molecule has 7 heteroatoms. The van der Waals surface area contributed by atoms with Crippen LogP contribution in [0.2, 0.25) is 0 Å². The van der Waals surface area contributed by atoms with Crippen molar-refractivity contribution in [1.82, 2.24) is 19.9 Å². The largest absolute Gasteiger partial charge is 0.329 e. The molecule has 0 unspecified atom stereocenters. The molecule has 1 saturated heterocycles. The minimum Gasteiger partial charge on any atom is -0.329 e. The molecule has 6 nitrogen and oxygen atoms in total. The van der Waals surface area contributed by atoms with Crippen molar-refractivity contribution in [3.8, 4) is 0 Å². The minimum atomic E-state index is -0.199. The van der Waals surface area contributed by atoms with Gasteiger partial charge in [0.15, 0.2) is 0 Å². The number of carbonyl (C=O) groups excluding carboxylic acids is 1. The van der Waals surface area contributed by atoms with E-state index >= 15 is 0 Å². The number of aromatic amines is 1. The second-order valence-electron chi connectivity index (χ2n) is 5.88. The first-order chi connectivity index (χ1) is 11.7. The van der Waals surface area contributed by atoms with Gasteiger partial charge in [-0.15, -0.1) is 11.3 Å². The van der Waals surface area contributed by atoms with Gasteiger partial charge in [-0.1, -0.05) is 6.07 Å². The number of nitrogens with zero attached hydrogens (tertiary/aromatic N) is 3. The predicted octanol–water partition coefficient (Wildman–Crippen LogP) is 2.67. The second kappa shape index (κ2) is 5.83. The summed E-state index contributed by atoms with van der Waals surface area (Å²) in [4.78, 5) is 39.4. The summed E-state index contributed by atoms with van der Waals surface area (Å²) >= 11 is 1.29. The molecule has 0 bridgehead atoms. The second-order valence-corrected chi connectivity index (χ2v) is 6.88. The number of nitrogens with one attached hydrogen (secondary N) is 1. The van der Waals surface area contributed by atoms with Gasteiger partial charge in [0, 0.05) is 12.7 Å². The summed E-state index contributed by atoms with van der Waals surface area (Å²) in [5.74, 6) is -0.0388. The van der Waals surface area contributed by atoms with E-state index in [1.54, 1.807) is 6.20 Å². The summed E-state index contributed by atoms with van der Waals surface area (Å²) < 4.78 is 0. The summed E-state index contributed by atoms with van der Waals surface area (Å²) in [5.41, 5.74) is 1.43. The van der Waals surface area contributed by atoms with E-state index in [4.69, 9.17) is 0 Å². The van der Waals surface area contributed by atoms with Crippen molar-refractivity contribution in [3.05, 3.63) is 57.2 Å². The Morgan fingerprint density at radius 1 is 1.38 bits per heavy atom. The number of fused-ring (bicyclic) bond motifs is 1. The van der Waals surface area contributed by atoms with Crippen LogP contribution in [0.1, 0.15) is 39.8 Å². The van der Waals surface area contributed by atoms with Gasteiger partial charge in [0.25, 0.3) is 11.5 Å². The van der Waals surface area contributed by atoms with Gasteiger partial charge in [0.05, 0.1) is 28.3 Å². The molecule has 0 aliphatic carbocycles. The number of likely N-dealkylation sites (tertiary alicyclic amines) is 1. The Bertz CT molecular complexity index is 964. The third kappa shape index (κ3) is 2.32. The highest BCUT2D eigenvalue weighted by Gasteiger charge is 2.33. The summed E-state index contributed by atoms with van der Waals surface area (Å²) in [6, 6.07) is 5.77. The van der Waals surface area contributed by atoms with Crippen molar-refractivity contribution in [2.24, 2.45) is 0 Å². The van der Waals surface area contributed by atoms with Crippen molar-refractivity contribution < 1.29 is 4.79 Å². The molecule has 24 heavy (non-hydrogen) atoms. The van der Waals surface area contributed by atoms with E-state index in [1.807, 2.05) is 30.0 Å². The molecule has 0 aromatic carbocycles. The quantitative estimate of drug-likeness (QED) is 0.778. The fourth-order valence-corrected chi connectivity index (χ4v) is 4.41. The van der Waals surface area contributed by atoms with Crippen molar-refractivity contribution >= 4 is 27.5 Å². The standard InChI is InChI=1S/C17H16N4O2S/c1-10-13-15(22)19-9-20-16(13)24-14(10)17(23)21-8-4-6-12(21)11-5-2-3-7-18-11/h2-3,5,7,9,12H,4,6,8H2,1H3,(H,19,20,22)/t12-/m0/s1. The SMILES string of the molecule is Cc1c(C(=O)N2CCC[C@H]2c2ccccn2)sc2nc[nH]c(=O)c12. The molecule has 3 aromatic rings. The molecule has 4 heterocycles. The maximum absolute atomic E-state index is 13.1. The van der Waals surface area contributed by atoms with Crippen LogP contribution in [0.5, 0.6) is 0 Å². The zero-order valence-corrected chi connectivity index (χ0v) is 14.0. The van der Waals surface area contributed by atoms with Gasteiger partial charge in [-0.25, -0.2) is 4.98 Å². The molecule has 0 radical (unpaired) electrons. The Hall–Kier alpha value is -2.54. The van der Waals surface area contributed by atoms with Crippen LogP contribution in [0, 0.1) is 6.92 Å². The van der Waals surface area contributed by atoms with E-state index < -0.39 is 0 Å². The monoisotopic (exact) mass is 340 g/mol. The lowest BCUT2D eigenvalue weighted by Gasteiger charge is -2.24. The first-order valence-electron chi connectivity index (χ1n) is 7.85. The number of hydrogen-bond donors (Lipinski definition) is 1. The van der Waals surface area contributed by atoms with E-state index in [-0.39, 0.29) is 17.5 Å². The smallest absolute Gasteiger partial charge is 0.264 e. The van der Waals surface area contributed by atoms with Crippen LogP contribution in [0.4, 0.5) is 0 Å². The number of H-pyrrole nitrogens is 1. The van der Waals surface area contributed by atoms with E-state index in [0.717, 1.165) is 18.5 Å². The number of aromatic nitrogens is 3. The Kier molecular flexibility index (Phi) is 3.65. The molecule has 1 N–H and O–H groups in total. The van der Waals surface area contributed by atoms with Crippen LogP contribution in [0.3, 0.4) is 0 Å². The lowest BCUT2D eigenvalue weighted by atomic mass is 10.1. The Labute approximate surface area is 142 Å². The molecule has 1 atom stereocenters. The number of hydrogen-bond acceptors (Lipinski definition) is 5. The molecule has 0 saturated carbocycles. The van der Waals surface area contributed by atoms with Crippen LogP contribution in [0.15, 0.2) is 35.5 Å². The normalized spacial score (nSPS) is 17.5. The highest BCUT2D eigenvalue weighted by Crippen LogP contribution is 2.35. The fraction of sp³-hybridized carbons (Fsp3) is 0.294. The predicted molar refractivity (Wildman–Crippen MR) is 92.2 cm³/mol. The number of carbonyl (C=O) groups is 1. The molecule has 0 spiro atoms. The third-order valence-electron chi connectivity index (χ3n) is 4.47. The molecule has 1 aliphatic rings. The number of pyridine rings is 1. The zero-order valence-electron chi connectivity index (χ0n) is 13.2. The van der Waals surface area contributed by atoms with Gasteiger partial charge in [-0.05, 0) is 37.5 Å². The average molecular weight is 340 g/mol. The van der Waals surface area contributed by atoms with Crippen LogP contribution in [-0.2, 0) is 0 Å². The topological polar surface area (TPSA) is 79.0 Å². The summed E-state index contributed by atoms with van der Waals surface area (Å²) in [5, 5.41) is 0.513. The van der Waals surface area contributed by atoms with E-state index in [0.29, 0.717) is 27.2 Å². The maximum atomic E-state index is 13.1. The first kappa shape index (κ1) is 15.0. The lowest BCUT2D eigenvalue weighted by Crippen LogP contribution is -2.30. The molecule has 3 aromatic heterocycles. The number of aryl methyl sites for hydroxylation is 1. The van der Waals surface area contributed by atoms with Crippen LogP contribution < -0.4 is 5.56 Å². The summed E-state index contributed by atoms with van der Waals surface area (Å²) in [7, 11) is 0. The minimum absolute atomic E-state index is 0.00504. The highest BCUT2D eigenvalue weighted by molar-refractivity contribution is 7.20. The van der Waals surface area contributed by atoms with E-state index in [9.17, 15) is 9.59 Å². The molecular weight excluding hydrogens is 324 g/mol. The molecule has 1 amide bonds. The van der Waals surface area contributed by atoms with Gasteiger partial charge < -0.3 is 9.88 Å². The van der Waals surface area contributed by atoms with Crippen LogP contribution >= 0.6 is 11.3 Å². The average Bonchev–Trinajstić information content (AvgIpc) is 3.21. The zero-order chi connectivity index (χ0) is 16.7. The molecular formula is C17H16N4O2S. The number of amides is 1. The highest BCUT2D eigenvalue weighted by atomic mass is 32.1. The third-order valence-corrected chi connectivity index (χ3v) is 5.66. The Morgan fingerprint density at radius 2 is 2.25 bits per heavy atom. The van der Waals surface area contributed by atoms with E-state index in [1.165, 1.54) is 17.7 Å². The van der Waals surface area contributed by atoms with Gasteiger partial charge >= 0.3 is 0 Å². The lowest BCUT2D eigenvalue weighted by molar-refractivity contribution is 0.0737. The summed E-state index contributed by atoms with van der Waals surface area (Å²) in [6.45, 7) is 2.52. The van der Waals surface area contributed by atoms with Gasteiger partial charge in [-0.2, -0.15) is 0 Å². The van der Waals surface area contributed by atoms with Gasteiger partial charge in [0.1, 0.15) is 4.83 Å². The fourth-order valence-electron chi connectivity index (χ4n) is 3.30. The first-order valence-corrected chi connectivity index (χ1v) is 8.67.